The highest BCUT2D eigenvalue weighted by Gasteiger charge is 2.35. The fourth-order valence-corrected chi connectivity index (χ4v) is 1.34. The molecule has 1 heterocycles. The van der Waals surface area contributed by atoms with E-state index < -0.39 is 11.7 Å². The predicted molar refractivity (Wildman–Crippen MR) is 55.3 cm³/mol. The van der Waals surface area contributed by atoms with E-state index in [1.165, 1.54) is 0 Å². The highest BCUT2D eigenvalue weighted by Crippen LogP contribution is 2.13. The van der Waals surface area contributed by atoms with Crippen LogP contribution in [0.5, 0.6) is 0 Å². The minimum absolute atomic E-state index is 0.0152. The van der Waals surface area contributed by atoms with E-state index in [0.29, 0.717) is 6.54 Å². The van der Waals surface area contributed by atoms with Crippen molar-refractivity contribution in [3.8, 4) is 0 Å². The van der Waals surface area contributed by atoms with Crippen LogP contribution in [-0.2, 0) is 9.53 Å². The van der Waals surface area contributed by atoms with Crippen LogP contribution in [0.4, 0.5) is 4.79 Å². The topological polar surface area (TPSA) is 67.4 Å². The summed E-state index contributed by atoms with van der Waals surface area (Å²) < 4.78 is 5.05. The number of carbonyl (C=O) groups is 2. The lowest BCUT2D eigenvalue weighted by atomic mass is 9.92. The molecule has 1 fully saturated rings. The van der Waals surface area contributed by atoms with Crippen LogP contribution < -0.4 is 10.6 Å². The minimum atomic E-state index is -0.502. The molecule has 15 heavy (non-hydrogen) atoms. The molecule has 1 aliphatic heterocycles. The van der Waals surface area contributed by atoms with Crippen molar-refractivity contribution in [2.24, 2.45) is 5.92 Å². The van der Waals surface area contributed by atoms with Gasteiger partial charge in [0, 0.05) is 12.6 Å². The van der Waals surface area contributed by atoms with Gasteiger partial charge in [-0.25, -0.2) is 4.79 Å². The Bertz CT molecular complexity index is 270. The smallest absolute Gasteiger partial charge is 0.407 e. The standard InChI is InChI=1S/C10H18N2O3/c1-6-7(8(13)12-6)5-11-9(14)15-10(2,3)4/h6-7H,5H2,1-4H3,(H,11,14)(H,12,13). The number of amides is 2. The average Bonchev–Trinajstić information content (AvgIpc) is 2.00. The van der Waals surface area contributed by atoms with Crippen molar-refractivity contribution in [1.29, 1.82) is 0 Å². The van der Waals surface area contributed by atoms with Gasteiger partial charge in [-0.3, -0.25) is 4.79 Å². The van der Waals surface area contributed by atoms with Gasteiger partial charge in [0.25, 0.3) is 0 Å². The summed E-state index contributed by atoms with van der Waals surface area (Å²) in [6.07, 6.45) is -0.477. The lowest BCUT2D eigenvalue weighted by Crippen LogP contribution is -2.60. The van der Waals surface area contributed by atoms with Gasteiger partial charge in [0.05, 0.1) is 5.92 Å². The molecule has 2 amide bonds. The molecule has 0 aliphatic carbocycles. The summed E-state index contributed by atoms with van der Waals surface area (Å²) in [7, 11) is 0. The average molecular weight is 214 g/mol. The molecular weight excluding hydrogens is 196 g/mol. The Hall–Kier alpha value is -1.26. The van der Waals surface area contributed by atoms with Crippen LogP contribution in [0.3, 0.4) is 0 Å². The lowest BCUT2D eigenvalue weighted by Gasteiger charge is -2.34. The summed E-state index contributed by atoms with van der Waals surface area (Å²) in [5.74, 6) is -0.143. The first-order chi connectivity index (χ1) is 6.79. The Morgan fingerprint density at radius 1 is 1.53 bits per heavy atom. The van der Waals surface area contributed by atoms with Crippen LogP contribution in [0.1, 0.15) is 27.7 Å². The minimum Gasteiger partial charge on any atom is -0.444 e. The van der Waals surface area contributed by atoms with Crippen molar-refractivity contribution in [1.82, 2.24) is 10.6 Å². The third-order valence-electron chi connectivity index (χ3n) is 2.18. The molecule has 0 bridgehead atoms. The van der Waals surface area contributed by atoms with Crippen molar-refractivity contribution in [2.45, 2.75) is 39.3 Å². The number of carbonyl (C=O) groups excluding carboxylic acids is 2. The highest BCUT2D eigenvalue weighted by molar-refractivity contribution is 5.86. The molecule has 1 rings (SSSR count). The normalized spacial score (nSPS) is 25.2. The molecule has 2 atom stereocenters. The molecule has 0 aromatic carbocycles. The van der Waals surface area contributed by atoms with E-state index in [2.05, 4.69) is 10.6 Å². The van der Waals surface area contributed by atoms with Crippen LogP contribution in [-0.4, -0.2) is 30.2 Å². The van der Waals surface area contributed by atoms with Crippen molar-refractivity contribution < 1.29 is 14.3 Å². The number of hydrogen-bond acceptors (Lipinski definition) is 3. The largest absolute Gasteiger partial charge is 0.444 e. The van der Waals surface area contributed by atoms with E-state index in [-0.39, 0.29) is 17.9 Å². The fourth-order valence-electron chi connectivity index (χ4n) is 1.34. The molecule has 2 unspecified atom stereocenters. The first kappa shape index (κ1) is 11.8. The molecule has 0 aromatic heterocycles. The van der Waals surface area contributed by atoms with E-state index in [0.717, 1.165) is 0 Å². The molecule has 86 valence electrons. The van der Waals surface area contributed by atoms with E-state index in [9.17, 15) is 9.59 Å². The fraction of sp³-hybridized carbons (Fsp3) is 0.800. The lowest BCUT2D eigenvalue weighted by molar-refractivity contribution is -0.134. The zero-order valence-corrected chi connectivity index (χ0v) is 9.59. The molecule has 1 aliphatic rings. The number of β-lactam (4-membered cyclic amide) rings is 1. The predicted octanol–water partition coefficient (Wildman–Crippen LogP) is 0.646. The van der Waals surface area contributed by atoms with E-state index in [4.69, 9.17) is 4.74 Å². The van der Waals surface area contributed by atoms with E-state index in [1.54, 1.807) is 20.8 Å². The number of ether oxygens (including phenoxy) is 1. The summed E-state index contributed by atoms with van der Waals surface area (Å²) in [4.78, 5) is 22.3. The number of alkyl carbamates (subject to hydrolysis) is 1. The summed E-state index contributed by atoms with van der Waals surface area (Å²) in [5.41, 5.74) is -0.502. The van der Waals surface area contributed by atoms with E-state index >= 15 is 0 Å². The summed E-state index contributed by atoms with van der Waals surface area (Å²) in [5, 5.41) is 5.28. The van der Waals surface area contributed by atoms with Gasteiger partial charge < -0.3 is 15.4 Å². The Morgan fingerprint density at radius 3 is 2.53 bits per heavy atom. The van der Waals surface area contributed by atoms with Gasteiger partial charge in [-0.05, 0) is 27.7 Å². The Kier molecular flexibility index (Phi) is 3.21. The second kappa shape index (κ2) is 4.08. The second-order valence-electron chi connectivity index (χ2n) is 4.79. The van der Waals surface area contributed by atoms with Gasteiger partial charge in [0.1, 0.15) is 5.60 Å². The van der Waals surface area contributed by atoms with Crippen molar-refractivity contribution in [3.63, 3.8) is 0 Å². The maximum atomic E-state index is 11.3. The van der Waals surface area contributed by atoms with Crippen LogP contribution in [0.25, 0.3) is 0 Å². The summed E-state index contributed by atoms with van der Waals surface area (Å²) in [6.45, 7) is 7.63. The van der Waals surface area contributed by atoms with Gasteiger partial charge in [-0.2, -0.15) is 0 Å². The molecule has 0 radical (unpaired) electrons. The van der Waals surface area contributed by atoms with Crippen molar-refractivity contribution in [3.05, 3.63) is 0 Å². The van der Waals surface area contributed by atoms with Crippen LogP contribution in [0, 0.1) is 5.92 Å². The van der Waals surface area contributed by atoms with Gasteiger partial charge >= 0.3 is 6.09 Å². The van der Waals surface area contributed by atoms with Crippen LogP contribution in [0.2, 0.25) is 0 Å². The molecule has 5 nitrogen and oxygen atoms in total. The zero-order chi connectivity index (χ0) is 11.6. The first-order valence-corrected chi connectivity index (χ1v) is 5.07. The molecule has 2 N–H and O–H groups in total. The summed E-state index contributed by atoms with van der Waals surface area (Å²) in [6, 6.07) is 0.132. The van der Waals surface area contributed by atoms with Gasteiger partial charge in [-0.15, -0.1) is 0 Å². The number of nitrogens with one attached hydrogen (secondary N) is 2. The quantitative estimate of drug-likeness (QED) is 0.663. The highest BCUT2D eigenvalue weighted by atomic mass is 16.6. The monoisotopic (exact) mass is 214 g/mol. The van der Waals surface area contributed by atoms with Gasteiger partial charge in [0.2, 0.25) is 5.91 Å². The molecule has 0 aromatic rings. The third kappa shape index (κ3) is 3.42. The maximum absolute atomic E-state index is 11.3. The molecular formula is C10H18N2O3. The molecule has 5 heteroatoms. The molecule has 0 spiro atoms. The maximum Gasteiger partial charge on any atom is 0.407 e. The zero-order valence-electron chi connectivity index (χ0n) is 9.59. The van der Waals surface area contributed by atoms with Crippen LogP contribution in [0.15, 0.2) is 0 Å². The second-order valence-corrected chi connectivity index (χ2v) is 4.79. The van der Waals surface area contributed by atoms with Crippen molar-refractivity contribution >= 4 is 12.0 Å². The molecule has 1 saturated heterocycles. The molecule has 0 saturated carbocycles. The Labute approximate surface area is 89.6 Å². The van der Waals surface area contributed by atoms with Gasteiger partial charge in [0.15, 0.2) is 0 Å². The Balaban J connectivity index is 2.25. The Morgan fingerprint density at radius 2 is 2.13 bits per heavy atom. The van der Waals surface area contributed by atoms with Crippen LogP contribution >= 0.6 is 0 Å². The SMILES string of the molecule is CC1NC(=O)C1CNC(=O)OC(C)(C)C. The number of hydrogen-bond donors (Lipinski definition) is 2. The first-order valence-electron chi connectivity index (χ1n) is 5.07. The number of rotatable bonds is 2. The summed E-state index contributed by atoms with van der Waals surface area (Å²) >= 11 is 0. The third-order valence-corrected chi connectivity index (χ3v) is 2.18. The van der Waals surface area contributed by atoms with E-state index in [1.807, 2.05) is 6.92 Å². The van der Waals surface area contributed by atoms with Crippen molar-refractivity contribution in [2.75, 3.05) is 6.54 Å². The van der Waals surface area contributed by atoms with Gasteiger partial charge in [-0.1, -0.05) is 0 Å².